The highest BCUT2D eigenvalue weighted by Gasteiger charge is 2.30. The topological polar surface area (TPSA) is 46.6 Å². The fourth-order valence-corrected chi connectivity index (χ4v) is 1.84. The molecule has 1 saturated heterocycles. The van der Waals surface area contributed by atoms with Gasteiger partial charge in [0.1, 0.15) is 0 Å². The van der Waals surface area contributed by atoms with Crippen LogP contribution in [0.25, 0.3) is 0 Å². The number of likely N-dealkylation sites (tertiary alicyclic amines) is 1. The average Bonchev–Trinajstić information content (AvgIpc) is 2.27. The molecule has 0 aliphatic carbocycles. The van der Waals surface area contributed by atoms with E-state index in [4.69, 9.17) is 4.74 Å². The average molecular weight is 213 g/mol. The van der Waals surface area contributed by atoms with E-state index in [2.05, 4.69) is 6.92 Å². The Morgan fingerprint density at radius 2 is 2.33 bits per heavy atom. The lowest BCUT2D eigenvalue weighted by Crippen LogP contribution is -2.43. The fourth-order valence-electron chi connectivity index (χ4n) is 1.84. The Morgan fingerprint density at radius 1 is 1.60 bits per heavy atom. The third-order valence-corrected chi connectivity index (χ3v) is 2.82. The summed E-state index contributed by atoms with van der Waals surface area (Å²) in [7, 11) is 1.40. The number of carbonyl (C=O) groups is 2. The fraction of sp³-hybridized carbons (Fsp3) is 0.818. The molecular weight excluding hydrogens is 194 g/mol. The Morgan fingerprint density at radius 3 is 2.93 bits per heavy atom. The molecule has 0 radical (unpaired) electrons. The van der Waals surface area contributed by atoms with Gasteiger partial charge in [0.2, 0.25) is 5.91 Å². The second-order valence-corrected chi connectivity index (χ2v) is 3.95. The van der Waals surface area contributed by atoms with Crippen LogP contribution in [-0.4, -0.2) is 37.0 Å². The van der Waals surface area contributed by atoms with E-state index in [0.29, 0.717) is 19.4 Å². The normalized spacial score (nSPS) is 21.6. The number of hydrogen-bond acceptors (Lipinski definition) is 3. The van der Waals surface area contributed by atoms with Crippen LogP contribution >= 0.6 is 0 Å². The molecule has 0 spiro atoms. The highest BCUT2D eigenvalue weighted by Crippen LogP contribution is 2.19. The van der Waals surface area contributed by atoms with Gasteiger partial charge >= 0.3 is 5.97 Å². The Kier molecular flexibility index (Phi) is 4.59. The van der Waals surface area contributed by atoms with Gasteiger partial charge in [0, 0.05) is 19.5 Å². The molecule has 1 amide bonds. The molecule has 0 aromatic carbocycles. The zero-order valence-corrected chi connectivity index (χ0v) is 9.49. The minimum absolute atomic E-state index is 0.121. The van der Waals surface area contributed by atoms with Gasteiger partial charge in [0.25, 0.3) is 0 Å². The van der Waals surface area contributed by atoms with Gasteiger partial charge in [-0.15, -0.1) is 0 Å². The molecule has 0 aromatic rings. The molecule has 1 unspecified atom stereocenters. The van der Waals surface area contributed by atoms with Gasteiger partial charge in [0.15, 0.2) is 0 Å². The maximum atomic E-state index is 11.5. The van der Waals surface area contributed by atoms with E-state index < -0.39 is 0 Å². The number of rotatable bonds is 4. The lowest BCUT2D eigenvalue weighted by atomic mass is 9.97. The summed E-state index contributed by atoms with van der Waals surface area (Å²) in [4.78, 5) is 24.6. The zero-order chi connectivity index (χ0) is 11.3. The van der Waals surface area contributed by atoms with Gasteiger partial charge in [-0.25, -0.2) is 0 Å². The highest BCUT2D eigenvalue weighted by molar-refractivity contribution is 5.81. The van der Waals surface area contributed by atoms with Gasteiger partial charge in [-0.2, -0.15) is 0 Å². The number of amides is 1. The number of piperidine rings is 1. The van der Waals surface area contributed by atoms with Crippen molar-refractivity contribution in [3.63, 3.8) is 0 Å². The lowest BCUT2D eigenvalue weighted by Gasteiger charge is -2.31. The van der Waals surface area contributed by atoms with Crippen LogP contribution < -0.4 is 0 Å². The van der Waals surface area contributed by atoms with Crippen LogP contribution in [0.1, 0.15) is 32.6 Å². The second-order valence-electron chi connectivity index (χ2n) is 3.95. The third kappa shape index (κ3) is 3.22. The molecule has 0 bridgehead atoms. The Balaban J connectivity index is 2.48. The van der Waals surface area contributed by atoms with E-state index in [0.717, 1.165) is 19.4 Å². The molecule has 4 nitrogen and oxygen atoms in total. The second kappa shape index (κ2) is 5.73. The van der Waals surface area contributed by atoms with E-state index in [1.807, 2.05) is 0 Å². The van der Waals surface area contributed by atoms with Crippen LogP contribution in [0.15, 0.2) is 0 Å². The summed E-state index contributed by atoms with van der Waals surface area (Å²) in [6.07, 6.45) is 3.17. The molecule has 1 aliphatic heterocycles. The van der Waals surface area contributed by atoms with Crippen molar-refractivity contribution < 1.29 is 14.3 Å². The summed E-state index contributed by atoms with van der Waals surface area (Å²) in [5.74, 6) is -0.142. The van der Waals surface area contributed by atoms with E-state index in [9.17, 15) is 9.59 Å². The van der Waals surface area contributed by atoms with Crippen molar-refractivity contribution in [2.75, 3.05) is 20.2 Å². The number of carbonyl (C=O) groups excluding carboxylic acids is 2. The molecule has 1 heterocycles. The summed E-state index contributed by atoms with van der Waals surface area (Å²) in [5.41, 5.74) is 0. The molecule has 15 heavy (non-hydrogen) atoms. The molecule has 0 N–H and O–H groups in total. The summed E-state index contributed by atoms with van der Waals surface area (Å²) in [5, 5.41) is 0. The van der Waals surface area contributed by atoms with E-state index in [-0.39, 0.29) is 17.8 Å². The monoisotopic (exact) mass is 213 g/mol. The number of nitrogens with zero attached hydrogens (tertiary/aromatic N) is 1. The van der Waals surface area contributed by atoms with E-state index in [1.54, 1.807) is 4.90 Å². The zero-order valence-electron chi connectivity index (χ0n) is 9.49. The quantitative estimate of drug-likeness (QED) is 0.659. The molecule has 4 heteroatoms. The molecule has 86 valence electrons. The Labute approximate surface area is 90.6 Å². The van der Waals surface area contributed by atoms with Crippen molar-refractivity contribution in [3.8, 4) is 0 Å². The van der Waals surface area contributed by atoms with Crippen LogP contribution in [0, 0.1) is 5.92 Å². The van der Waals surface area contributed by atoms with Crippen LogP contribution in [0.2, 0.25) is 0 Å². The SMILES string of the molecule is CCCCN1CC(C(=O)OC)CCC1=O. The Hall–Kier alpha value is -1.06. The van der Waals surface area contributed by atoms with Crippen molar-refractivity contribution in [1.82, 2.24) is 4.90 Å². The van der Waals surface area contributed by atoms with Gasteiger partial charge in [-0.1, -0.05) is 13.3 Å². The molecule has 1 atom stereocenters. The van der Waals surface area contributed by atoms with Crippen LogP contribution in [0.5, 0.6) is 0 Å². The summed E-state index contributed by atoms with van der Waals surface area (Å²) in [6.45, 7) is 3.39. The number of methoxy groups -OCH3 is 1. The summed E-state index contributed by atoms with van der Waals surface area (Å²) in [6, 6.07) is 0. The Bertz CT molecular complexity index is 240. The summed E-state index contributed by atoms with van der Waals surface area (Å²) >= 11 is 0. The minimum Gasteiger partial charge on any atom is -0.469 e. The maximum absolute atomic E-state index is 11.5. The van der Waals surface area contributed by atoms with Crippen LogP contribution in [0.4, 0.5) is 0 Å². The molecule has 0 saturated carbocycles. The molecule has 1 aliphatic rings. The predicted octanol–water partition coefficient (Wildman–Crippen LogP) is 1.20. The van der Waals surface area contributed by atoms with Crippen LogP contribution in [0.3, 0.4) is 0 Å². The number of ether oxygens (including phenoxy) is 1. The number of esters is 1. The first-order valence-electron chi connectivity index (χ1n) is 5.54. The van der Waals surface area contributed by atoms with Crippen molar-refractivity contribution in [3.05, 3.63) is 0 Å². The largest absolute Gasteiger partial charge is 0.469 e. The third-order valence-electron chi connectivity index (χ3n) is 2.82. The number of unbranched alkanes of at least 4 members (excludes halogenated alkanes) is 1. The number of hydrogen-bond donors (Lipinski definition) is 0. The lowest BCUT2D eigenvalue weighted by molar-refractivity contribution is -0.150. The molecular formula is C11H19NO3. The first kappa shape index (κ1) is 12.0. The van der Waals surface area contributed by atoms with Gasteiger partial charge < -0.3 is 9.64 Å². The van der Waals surface area contributed by atoms with Gasteiger partial charge in [-0.05, 0) is 12.8 Å². The van der Waals surface area contributed by atoms with Crippen molar-refractivity contribution >= 4 is 11.9 Å². The van der Waals surface area contributed by atoms with Crippen molar-refractivity contribution in [2.45, 2.75) is 32.6 Å². The van der Waals surface area contributed by atoms with E-state index >= 15 is 0 Å². The van der Waals surface area contributed by atoms with Crippen molar-refractivity contribution in [2.24, 2.45) is 5.92 Å². The maximum Gasteiger partial charge on any atom is 0.310 e. The van der Waals surface area contributed by atoms with Crippen molar-refractivity contribution in [1.29, 1.82) is 0 Å². The van der Waals surface area contributed by atoms with Crippen LogP contribution in [-0.2, 0) is 14.3 Å². The van der Waals surface area contributed by atoms with Gasteiger partial charge in [-0.3, -0.25) is 9.59 Å². The molecule has 1 fully saturated rings. The summed E-state index contributed by atoms with van der Waals surface area (Å²) < 4.78 is 4.70. The first-order chi connectivity index (χ1) is 7.19. The van der Waals surface area contributed by atoms with Gasteiger partial charge in [0.05, 0.1) is 13.0 Å². The van der Waals surface area contributed by atoms with E-state index in [1.165, 1.54) is 7.11 Å². The first-order valence-corrected chi connectivity index (χ1v) is 5.54. The highest BCUT2D eigenvalue weighted by atomic mass is 16.5. The smallest absolute Gasteiger partial charge is 0.310 e. The molecule has 0 aromatic heterocycles. The predicted molar refractivity (Wildman–Crippen MR) is 56.2 cm³/mol. The minimum atomic E-state index is -0.191. The molecule has 1 rings (SSSR count). The standard InChI is InChI=1S/C11H19NO3/c1-3-4-7-12-8-9(11(14)15-2)5-6-10(12)13/h9H,3-8H2,1-2H3.